The third-order valence-corrected chi connectivity index (χ3v) is 20.2. The molecule has 4 aliphatic rings. The minimum Gasteiger partial charge on any atom is -0.460 e. The molecule has 3 amide bonds. The Morgan fingerprint density at radius 1 is 0.584 bits per heavy atom. The Balaban J connectivity index is 0.786. The van der Waals surface area contributed by atoms with E-state index in [0.717, 1.165) is 33.7 Å². The molecular formula is C61H72N13O24P3. The van der Waals surface area contributed by atoms with Crippen LogP contribution in [0.3, 0.4) is 0 Å². The number of H-pyrrole nitrogens is 2. The highest BCUT2D eigenvalue weighted by Crippen LogP contribution is 2.54. The van der Waals surface area contributed by atoms with E-state index in [2.05, 4.69) is 45.9 Å². The molecule has 37 nitrogen and oxygen atoms in total. The van der Waals surface area contributed by atoms with Crippen LogP contribution in [0.15, 0.2) is 122 Å². The third-order valence-electron chi connectivity index (χ3n) is 16.4. The summed E-state index contributed by atoms with van der Waals surface area (Å²) in [5.74, 6) is -2.97. The third kappa shape index (κ3) is 18.0. The Labute approximate surface area is 572 Å². The maximum atomic E-state index is 14.8. The number of aryl methyl sites for hydroxylation is 1. The molecule has 2 aromatic carbocycles. The minimum atomic E-state index is -4.42. The van der Waals surface area contributed by atoms with Crippen LogP contribution in [0.4, 0.5) is 17.6 Å². The van der Waals surface area contributed by atoms with E-state index in [1.54, 1.807) is 74.5 Å². The van der Waals surface area contributed by atoms with Gasteiger partial charge in [-0.3, -0.25) is 76.0 Å². The van der Waals surface area contributed by atoms with Crippen LogP contribution in [-0.2, 0) is 74.1 Å². The van der Waals surface area contributed by atoms with E-state index in [9.17, 15) is 62.0 Å². The van der Waals surface area contributed by atoms with E-state index < -0.39 is 181 Å². The topological polar surface area (TPSA) is 466 Å². The number of ether oxygens (including phenoxy) is 5. The van der Waals surface area contributed by atoms with Crippen LogP contribution in [0.25, 0.3) is 11.2 Å². The normalized spacial score (nSPS) is 25.3. The monoisotopic (exact) mass is 1460 g/mol. The summed E-state index contributed by atoms with van der Waals surface area (Å²) in [4.78, 5) is 138. The predicted molar refractivity (Wildman–Crippen MR) is 353 cm³/mol. The second-order valence-electron chi connectivity index (χ2n) is 24.4. The lowest BCUT2D eigenvalue weighted by atomic mass is 10.2. The molecule has 40 heteroatoms. The number of hydrogen-bond donors (Lipinski definition) is 6. The maximum absolute atomic E-state index is 14.8. The number of aromatic amines is 2. The minimum absolute atomic E-state index is 0.0131. The number of fused-ring (bicyclic) bond motifs is 1. The summed E-state index contributed by atoms with van der Waals surface area (Å²) in [6, 6.07) is 19.1. The van der Waals surface area contributed by atoms with Gasteiger partial charge in [0, 0.05) is 93.8 Å². The van der Waals surface area contributed by atoms with Crippen LogP contribution in [0, 0.1) is 12.8 Å². The molecule has 15 atom stereocenters. The molecule has 6 N–H and O–H groups in total. The summed E-state index contributed by atoms with van der Waals surface area (Å²) in [5, 5.41) is 18.0. The fourth-order valence-corrected chi connectivity index (χ4v) is 15.0. The highest BCUT2D eigenvalue weighted by molar-refractivity contribution is 7.53. The van der Waals surface area contributed by atoms with Crippen molar-refractivity contribution in [2.45, 2.75) is 127 Å². The molecule has 0 unspecified atom stereocenters. The van der Waals surface area contributed by atoms with E-state index in [0.29, 0.717) is 5.56 Å². The summed E-state index contributed by atoms with van der Waals surface area (Å²) in [6.45, 7) is 6.73. The first-order valence-electron chi connectivity index (χ1n) is 31.6. The molecule has 7 aromatic rings. The van der Waals surface area contributed by atoms with Crippen LogP contribution < -0.4 is 44.1 Å². The van der Waals surface area contributed by atoms with Crippen molar-refractivity contribution >= 4 is 75.2 Å². The van der Waals surface area contributed by atoms with Gasteiger partial charge in [0.2, 0.25) is 11.9 Å². The van der Waals surface area contributed by atoms with Gasteiger partial charge in [0.1, 0.15) is 67.1 Å². The predicted octanol–water partition coefficient (Wildman–Crippen LogP) is 4.34. The van der Waals surface area contributed by atoms with Gasteiger partial charge in [0.15, 0.2) is 11.2 Å². The van der Waals surface area contributed by atoms with Gasteiger partial charge in [-0.1, -0.05) is 50.2 Å². The number of aliphatic hydroxyl groups excluding tert-OH is 1. The van der Waals surface area contributed by atoms with Gasteiger partial charge < -0.3 is 66.6 Å². The van der Waals surface area contributed by atoms with E-state index in [-0.39, 0.29) is 65.6 Å². The van der Waals surface area contributed by atoms with E-state index in [1.165, 1.54) is 55.5 Å². The zero-order valence-corrected chi connectivity index (χ0v) is 57.8. The first-order valence-corrected chi connectivity index (χ1v) is 37.6. The summed E-state index contributed by atoms with van der Waals surface area (Å²) >= 11 is 0. The van der Waals surface area contributed by atoms with E-state index in [4.69, 9.17) is 50.8 Å². The average molecular weight is 1460 g/mol. The Bertz CT molecular complexity index is 4700. The molecule has 4 fully saturated rings. The lowest BCUT2D eigenvalue weighted by Gasteiger charge is -2.27. The van der Waals surface area contributed by atoms with Crippen molar-refractivity contribution in [3.05, 3.63) is 167 Å². The maximum Gasteiger partial charge on any atom is 0.351 e. The van der Waals surface area contributed by atoms with Crippen molar-refractivity contribution in [3.63, 3.8) is 0 Å². The van der Waals surface area contributed by atoms with Gasteiger partial charge in [-0.2, -0.15) is 15.0 Å². The molecule has 0 bridgehead atoms. The number of carbonyl (C=O) groups excluding carboxylic acids is 4. The van der Waals surface area contributed by atoms with Crippen molar-refractivity contribution in [2.75, 3.05) is 62.4 Å². The quantitative estimate of drug-likeness (QED) is 0.0308. The van der Waals surface area contributed by atoms with Gasteiger partial charge in [0.25, 0.3) is 22.9 Å². The van der Waals surface area contributed by atoms with E-state index >= 15 is 0 Å². The number of imidazole rings is 1. The van der Waals surface area contributed by atoms with Crippen LogP contribution in [0.5, 0.6) is 0 Å². The summed E-state index contributed by atoms with van der Waals surface area (Å²) in [5.41, 5.74) is -3.33. The molecule has 11 rings (SSSR count). The van der Waals surface area contributed by atoms with Crippen molar-refractivity contribution in [1.82, 2.24) is 48.2 Å². The lowest BCUT2D eigenvalue weighted by Crippen LogP contribution is -2.33. The summed E-state index contributed by atoms with van der Waals surface area (Å²) < 4.78 is 115. The molecule has 9 heterocycles. The molecule has 4 aliphatic heterocycles. The van der Waals surface area contributed by atoms with Crippen LogP contribution in [0.2, 0.25) is 0 Å². The molecule has 0 saturated carbocycles. The number of rotatable bonds is 27. The second kappa shape index (κ2) is 30.9. The molecule has 0 spiro atoms. The highest BCUT2D eigenvalue weighted by atomic mass is 31.2. The number of hydrogen-bond acceptors (Lipinski definition) is 28. The number of aromatic nitrogens is 10. The number of nitrogens with zero attached hydrogens (tertiary/aromatic N) is 8. The van der Waals surface area contributed by atoms with E-state index in [1.807, 2.05) is 0 Å². The molecular weight excluding hydrogens is 1390 g/mol. The lowest BCUT2D eigenvalue weighted by molar-refractivity contribution is -0.150. The molecule has 0 aliphatic carbocycles. The van der Waals surface area contributed by atoms with Gasteiger partial charge >= 0.3 is 45.8 Å². The van der Waals surface area contributed by atoms with Gasteiger partial charge in [-0.15, -0.1) is 0 Å². The zero-order valence-electron chi connectivity index (χ0n) is 55.2. The van der Waals surface area contributed by atoms with Crippen LogP contribution >= 0.6 is 22.8 Å². The van der Waals surface area contributed by atoms with Crippen molar-refractivity contribution in [2.24, 2.45) is 5.92 Å². The largest absolute Gasteiger partial charge is 0.460 e. The second-order valence-corrected chi connectivity index (χ2v) is 30.5. The zero-order chi connectivity index (χ0) is 72.2. The molecule has 5 aromatic heterocycles. The number of nitrogens with one attached hydrogen (secondary N) is 5. The molecule has 4 saturated heterocycles. The van der Waals surface area contributed by atoms with Crippen LogP contribution in [-0.4, -0.2) is 172 Å². The number of aliphatic hydroxyl groups is 1. The first kappa shape index (κ1) is 73.6. The SMILES string of the molecule is CC(=O)O[C@H]1C[C@H](n2cnc3c(=O)[nH]c(NC(=O)C(C)C)nc32)O[C@@H]1CO[P@](C)(=O)O[C@H]1C[C@H](n2cc(C)c(=O)[nH]c2=O)O[C@@H]1CO[P@](C)(=O)O[C@H]1C[C@H](n2ccc(NC(=O)c3ccccc3)nc2=O)O[C@@H]1CO[P@](C)(=O)O[C@H]1C[C@H](n2ccc(NC(=O)c3ccccc3)nc2=O)O[C@@H]1CO. The van der Waals surface area contributed by atoms with Crippen molar-refractivity contribution in [1.29, 1.82) is 0 Å². The van der Waals surface area contributed by atoms with Crippen molar-refractivity contribution < 1.29 is 88.8 Å². The standard InChI is InChI=1S/C61H72N13O24P3/c1-32(2)53(77)68-58-67-52-51(57(81)69-58)62-31-74(52)50-22-37(91-34(4)76)42(93-50)28-88-100(6,86)98-40-25-49(73-26-33(3)54(78)70-61(73)84)95-44(40)30-90-101(7,87)97-39-24-48(72-21-19-46(66-60(72)83)64-56(80)36-16-12-9-13-17-36)94-43(39)29-89-99(5,85)96-38-23-47(92-41(38)27-75)71-20-18-45(65-59(71)82)63-55(79)35-14-10-8-11-15-35/h8-21,26,31-32,37-44,47-50,75H,22-25,27-30H2,1-7H3,(H,70,78,84)(H,63,65,79,82)(H,64,66,80,83)(H2,67,68,69,77,81)/t37-,38-,39-,40-,41+,42+,43+,44+,47+,48+,49+,50+,99-,100-,101-/m0/s1. The van der Waals surface area contributed by atoms with Crippen LogP contribution in [0.1, 0.15) is 97.6 Å². The number of anilines is 3. The number of amides is 3. The Kier molecular flexibility index (Phi) is 22.5. The first-order chi connectivity index (χ1) is 48.0. The fourth-order valence-electron chi connectivity index (χ4n) is 11.4. The fraction of sp³-hybridized carbons (Fsp3) is 0.459. The van der Waals surface area contributed by atoms with Gasteiger partial charge in [0.05, 0.1) is 51.1 Å². The number of benzene rings is 2. The summed E-state index contributed by atoms with van der Waals surface area (Å²) in [6.07, 6.45) is -10.0. The average Bonchev–Trinajstić information content (AvgIpc) is 1.64. The molecule has 0 radical (unpaired) electrons. The Morgan fingerprint density at radius 2 is 1.02 bits per heavy atom. The van der Waals surface area contributed by atoms with Gasteiger partial charge in [-0.05, 0) is 43.3 Å². The molecule has 101 heavy (non-hydrogen) atoms. The Hall–Kier alpha value is -8.64. The number of carbonyl (C=O) groups is 4. The Morgan fingerprint density at radius 3 is 1.48 bits per heavy atom. The smallest absolute Gasteiger partial charge is 0.351 e. The summed E-state index contributed by atoms with van der Waals surface area (Å²) in [7, 11) is -13.0. The van der Waals surface area contributed by atoms with Crippen molar-refractivity contribution in [3.8, 4) is 0 Å². The molecule has 540 valence electrons. The highest BCUT2D eigenvalue weighted by Gasteiger charge is 2.48. The number of esters is 1. The van der Waals surface area contributed by atoms with Gasteiger partial charge in [-0.25, -0.2) is 19.4 Å².